The molecule has 0 aliphatic rings. The van der Waals surface area contributed by atoms with Gasteiger partial charge in [0.15, 0.2) is 10.7 Å². The predicted octanol–water partition coefficient (Wildman–Crippen LogP) is 2.90. The topological polar surface area (TPSA) is 108 Å². The highest BCUT2D eigenvalue weighted by Gasteiger charge is 2.10. The number of aromatic nitrogens is 1. The molecule has 3 rings (SSSR count). The summed E-state index contributed by atoms with van der Waals surface area (Å²) >= 11 is 5.11. The Morgan fingerprint density at radius 3 is 2.62 bits per heavy atom. The minimum absolute atomic E-state index is 0. The lowest BCUT2D eigenvalue weighted by Crippen LogP contribution is -2.33. The van der Waals surface area contributed by atoms with Crippen molar-refractivity contribution in [1.82, 2.24) is 10.3 Å². The van der Waals surface area contributed by atoms with Gasteiger partial charge >= 0.3 is 0 Å². The Morgan fingerprint density at radius 1 is 1.23 bits per heavy atom. The van der Waals surface area contributed by atoms with Gasteiger partial charge in [-0.2, -0.15) is 0 Å². The van der Waals surface area contributed by atoms with Gasteiger partial charge in [0.1, 0.15) is 11.3 Å². The molecular weight excluding hydrogens is 354 g/mol. The van der Waals surface area contributed by atoms with Crippen molar-refractivity contribution in [3.05, 3.63) is 42.5 Å². The summed E-state index contributed by atoms with van der Waals surface area (Å²) in [7, 11) is 1.62. The third-order valence-electron chi connectivity index (χ3n) is 3.56. The highest BCUT2D eigenvalue weighted by molar-refractivity contribution is 7.80. The number of fused-ring (bicyclic) bond motifs is 1. The molecular formula is C18H19N3O4S. The zero-order valence-corrected chi connectivity index (χ0v) is 15.1. The van der Waals surface area contributed by atoms with E-state index in [-0.39, 0.29) is 16.5 Å². The van der Waals surface area contributed by atoms with Crippen LogP contribution in [0.3, 0.4) is 0 Å². The lowest BCUT2D eigenvalue weighted by molar-refractivity contribution is -0.119. The highest BCUT2D eigenvalue weighted by atomic mass is 32.1. The predicted molar refractivity (Wildman–Crippen MR) is 104 cm³/mol. The van der Waals surface area contributed by atoms with Crippen molar-refractivity contribution >= 4 is 40.0 Å². The van der Waals surface area contributed by atoms with Crippen LogP contribution in [0.15, 0.2) is 46.9 Å². The number of ether oxygens (including phenoxy) is 1. The van der Waals surface area contributed by atoms with Crippen LogP contribution in [0, 0.1) is 0 Å². The smallest absolute Gasteiger partial charge is 0.227 e. The Hall–Kier alpha value is -2.97. The monoisotopic (exact) mass is 373 g/mol. The van der Waals surface area contributed by atoms with Gasteiger partial charge < -0.3 is 25.3 Å². The van der Waals surface area contributed by atoms with Gasteiger partial charge in [0.2, 0.25) is 11.8 Å². The van der Waals surface area contributed by atoms with Crippen molar-refractivity contribution < 1.29 is 19.4 Å². The van der Waals surface area contributed by atoms with E-state index in [1.54, 1.807) is 14.0 Å². The van der Waals surface area contributed by atoms with E-state index in [9.17, 15) is 4.79 Å². The second-order valence-corrected chi connectivity index (χ2v) is 5.69. The van der Waals surface area contributed by atoms with E-state index >= 15 is 0 Å². The summed E-state index contributed by atoms with van der Waals surface area (Å²) in [5.74, 6) is 1.16. The number of hydrogen-bond acceptors (Lipinski definition) is 5. The number of benzene rings is 2. The summed E-state index contributed by atoms with van der Waals surface area (Å²) in [6, 6.07) is 12.9. The normalized spacial score (nSPS) is 10.1. The fourth-order valence-electron chi connectivity index (χ4n) is 2.24. The lowest BCUT2D eigenvalue weighted by Gasteiger charge is -2.08. The molecule has 3 aromatic rings. The van der Waals surface area contributed by atoms with Crippen molar-refractivity contribution in [1.29, 1.82) is 0 Å². The molecule has 8 heteroatoms. The van der Waals surface area contributed by atoms with Crippen LogP contribution in [-0.4, -0.2) is 28.6 Å². The third kappa shape index (κ3) is 4.35. The minimum atomic E-state index is -0.137. The number of thiocarbonyl (C=S) groups is 1. The molecule has 4 N–H and O–H groups in total. The molecule has 26 heavy (non-hydrogen) atoms. The second kappa shape index (κ2) is 8.41. The molecule has 1 aromatic heterocycles. The number of carbonyl (C=O) groups is 1. The van der Waals surface area contributed by atoms with Crippen LogP contribution < -0.4 is 15.4 Å². The van der Waals surface area contributed by atoms with Gasteiger partial charge in [0, 0.05) is 17.7 Å². The number of anilines is 1. The summed E-state index contributed by atoms with van der Waals surface area (Å²) in [5, 5.41) is 5.81. The van der Waals surface area contributed by atoms with Crippen molar-refractivity contribution in [3.63, 3.8) is 0 Å². The molecule has 1 amide bonds. The molecule has 0 aliphatic carbocycles. The number of hydrogen-bond donors (Lipinski definition) is 2. The molecule has 0 bridgehead atoms. The fraction of sp³-hybridized carbons (Fsp3) is 0.167. The Balaban J connectivity index is 0.00000243. The first kappa shape index (κ1) is 19.4. The average Bonchev–Trinajstić information content (AvgIpc) is 3.04. The summed E-state index contributed by atoms with van der Waals surface area (Å²) in [5.41, 5.74) is 2.95. The second-order valence-electron chi connectivity index (χ2n) is 5.29. The number of rotatable bonds is 4. The maximum atomic E-state index is 11.4. The maximum absolute atomic E-state index is 11.4. The van der Waals surface area contributed by atoms with Gasteiger partial charge in [-0.3, -0.25) is 4.79 Å². The number of methoxy groups -OCH3 is 1. The standard InChI is InChI=1S/C18H17N3O3S.H2O/c1-3-16(22)21-18(25)19-12-6-9-15-14(10-12)20-17(24-15)11-4-7-13(23-2)8-5-11;/h4-10H,3H2,1-2H3,(H2,19,21,22,25);1H2. The first-order valence-electron chi connectivity index (χ1n) is 7.75. The van der Waals surface area contributed by atoms with Gasteiger partial charge in [-0.05, 0) is 54.7 Å². The molecule has 0 radical (unpaired) electrons. The number of amides is 1. The average molecular weight is 373 g/mol. The highest BCUT2D eigenvalue weighted by Crippen LogP contribution is 2.27. The van der Waals surface area contributed by atoms with Crippen molar-refractivity contribution in [3.8, 4) is 17.2 Å². The first-order valence-corrected chi connectivity index (χ1v) is 8.15. The molecule has 1 heterocycles. The van der Waals surface area contributed by atoms with E-state index in [2.05, 4.69) is 15.6 Å². The Bertz CT molecular complexity index is 922. The Labute approximate surface area is 155 Å². The van der Waals surface area contributed by atoms with Crippen molar-refractivity contribution in [2.24, 2.45) is 0 Å². The third-order valence-corrected chi connectivity index (χ3v) is 3.76. The van der Waals surface area contributed by atoms with Gasteiger partial charge in [-0.15, -0.1) is 0 Å². The number of nitrogens with one attached hydrogen (secondary N) is 2. The van der Waals surface area contributed by atoms with Gasteiger partial charge in [-0.25, -0.2) is 4.98 Å². The zero-order chi connectivity index (χ0) is 17.8. The Morgan fingerprint density at radius 2 is 1.96 bits per heavy atom. The quantitative estimate of drug-likeness (QED) is 0.681. The molecule has 0 aliphatic heterocycles. The SMILES string of the molecule is CCC(=O)NC(=S)Nc1ccc2oc(-c3ccc(OC)cc3)nc2c1.O. The molecule has 0 saturated carbocycles. The molecule has 7 nitrogen and oxygen atoms in total. The van der Waals surface area contributed by atoms with Gasteiger partial charge in [0.25, 0.3) is 0 Å². The van der Waals surface area contributed by atoms with Crippen LogP contribution in [0.25, 0.3) is 22.6 Å². The van der Waals surface area contributed by atoms with E-state index in [0.717, 1.165) is 17.0 Å². The molecule has 0 atom stereocenters. The van der Waals surface area contributed by atoms with Gasteiger partial charge in [-0.1, -0.05) is 6.92 Å². The molecule has 0 unspecified atom stereocenters. The number of oxazole rings is 1. The van der Waals surface area contributed by atoms with E-state index in [1.807, 2.05) is 42.5 Å². The molecule has 0 spiro atoms. The lowest BCUT2D eigenvalue weighted by atomic mass is 10.2. The van der Waals surface area contributed by atoms with Crippen LogP contribution >= 0.6 is 12.2 Å². The van der Waals surface area contributed by atoms with Crippen LogP contribution in [0.4, 0.5) is 5.69 Å². The molecule has 0 saturated heterocycles. The van der Waals surface area contributed by atoms with Crippen LogP contribution in [0.2, 0.25) is 0 Å². The van der Waals surface area contributed by atoms with Crippen molar-refractivity contribution in [2.75, 3.05) is 12.4 Å². The van der Waals surface area contributed by atoms with Crippen LogP contribution in [0.5, 0.6) is 5.75 Å². The zero-order valence-electron chi connectivity index (χ0n) is 14.3. The van der Waals surface area contributed by atoms with Crippen LogP contribution in [0.1, 0.15) is 13.3 Å². The summed E-state index contributed by atoms with van der Waals surface area (Å²) in [6.07, 6.45) is 0.370. The molecule has 0 fully saturated rings. The van der Waals surface area contributed by atoms with E-state index in [4.69, 9.17) is 21.4 Å². The minimum Gasteiger partial charge on any atom is -0.497 e. The summed E-state index contributed by atoms with van der Waals surface area (Å²) in [4.78, 5) is 15.9. The van der Waals surface area contributed by atoms with E-state index < -0.39 is 0 Å². The largest absolute Gasteiger partial charge is 0.497 e. The van der Waals surface area contributed by atoms with E-state index in [1.165, 1.54) is 0 Å². The van der Waals surface area contributed by atoms with Crippen LogP contribution in [-0.2, 0) is 4.79 Å². The number of nitrogens with zero attached hydrogens (tertiary/aromatic N) is 1. The Kier molecular flexibility index (Phi) is 6.26. The maximum Gasteiger partial charge on any atom is 0.227 e. The summed E-state index contributed by atoms with van der Waals surface area (Å²) in [6.45, 7) is 1.76. The number of carbonyl (C=O) groups excluding carboxylic acids is 1. The molecule has 2 aromatic carbocycles. The van der Waals surface area contributed by atoms with E-state index in [0.29, 0.717) is 23.4 Å². The van der Waals surface area contributed by atoms with Crippen molar-refractivity contribution in [2.45, 2.75) is 13.3 Å². The summed E-state index contributed by atoms with van der Waals surface area (Å²) < 4.78 is 10.9. The fourth-order valence-corrected chi connectivity index (χ4v) is 2.47. The first-order chi connectivity index (χ1) is 12.1. The molecule has 136 valence electrons. The van der Waals surface area contributed by atoms with Gasteiger partial charge in [0.05, 0.1) is 7.11 Å².